The van der Waals surface area contributed by atoms with Gasteiger partial charge in [-0.1, -0.05) is 11.6 Å². The molecule has 0 bridgehead atoms. The summed E-state index contributed by atoms with van der Waals surface area (Å²) in [6.45, 7) is 4.94. The van der Waals surface area contributed by atoms with Crippen LogP contribution in [0.15, 0.2) is 38.2 Å². The summed E-state index contributed by atoms with van der Waals surface area (Å²) in [4.78, 5) is 8.49. The molecule has 15 heteroatoms. The fourth-order valence-electron chi connectivity index (χ4n) is 2.23. The molecule has 0 saturated heterocycles. The Kier molecular flexibility index (Phi) is 6.74. The molecule has 158 valence electrons. The molecule has 0 aliphatic carbocycles. The Morgan fingerprint density at radius 1 is 1.07 bits per heavy atom. The Morgan fingerprint density at radius 2 is 1.69 bits per heavy atom. The zero-order valence-corrected chi connectivity index (χ0v) is 17.6. The van der Waals surface area contributed by atoms with E-state index in [2.05, 4.69) is 20.2 Å². The van der Waals surface area contributed by atoms with Crippen molar-refractivity contribution in [1.82, 2.24) is 9.97 Å². The van der Waals surface area contributed by atoms with Gasteiger partial charge < -0.3 is 10.6 Å². The highest BCUT2D eigenvalue weighted by atomic mass is 35.5. The highest BCUT2D eigenvalue weighted by Gasteiger charge is 2.20. The molecule has 1 heterocycles. The largest absolute Gasteiger partial charge is 0.382 e. The average molecular weight is 465 g/mol. The van der Waals surface area contributed by atoms with Crippen LogP contribution in [0.5, 0.6) is 0 Å². The lowest BCUT2D eigenvalue weighted by Gasteiger charge is -2.19. The first-order valence-electron chi connectivity index (χ1n) is 7.97. The summed E-state index contributed by atoms with van der Waals surface area (Å²) in [5, 5.41) is 7.13. The van der Waals surface area contributed by atoms with E-state index < -0.39 is 35.7 Å². The third kappa shape index (κ3) is 5.36. The van der Waals surface area contributed by atoms with Gasteiger partial charge in [-0.05, 0) is 32.0 Å². The Hall–Kier alpha value is -2.39. The van der Waals surface area contributed by atoms with E-state index in [9.17, 15) is 21.4 Å². The fraction of sp³-hybridized carbons (Fsp3) is 0.286. The third-order valence-electron chi connectivity index (χ3n) is 3.67. The first kappa shape index (κ1) is 22.9. The van der Waals surface area contributed by atoms with Crippen molar-refractivity contribution in [2.75, 3.05) is 23.7 Å². The van der Waals surface area contributed by atoms with E-state index in [1.807, 2.05) is 13.8 Å². The van der Waals surface area contributed by atoms with Crippen LogP contribution in [0.3, 0.4) is 0 Å². The molecule has 0 aliphatic rings. The quantitative estimate of drug-likeness (QED) is 0.311. The van der Waals surface area contributed by atoms with E-state index >= 15 is 0 Å². The van der Waals surface area contributed by atoms with Crippen LogP contribution in [0.1, 0.15) is 13.8 Å². The van der Waals surface area contributed by atoms with Crippen LogP contribution >= 0.6 is 11.6 Å². The summed E-state index contributed by atoms with van der Waals surface area (Å²) in [7, 11) is -9.44. The van der Waals surface area contributed by atoms with E-state index in [0.29, 0.717) is 19.2 Å². The average Bonchev–Trinajstić information content (AvgIpc) is 2.60. The normalized spacial score (nSPS) is 12.4. The van der Waals surface area contributed by atoms with Crippen molar-refractivity contribution in [3.8, 4) is 0 Å². The highest BCUT2D eigenvalue weighted by Crippen LogP contribution is 2.34. The maximum Gasteiger partial charge on any atom is 0.296 e. The molecular formula is C14H17ClN6O6S2. The second kappa shape index (κ2) is 8.54. The van der Waals surface area contributed by atoms with Gasteiger partial charge in [0, 0.05) is 13.1 Å². The molecule has 1 aromatic heterocycles. The molecule has 0 radical (unpaired) electrons. The number of nitrogen functional groups attached to an aromatic ring is 1. The van der Waals surface area contributed by atoms with E-state index in [4.69, 9.17) is 21.9 Å². The lowest BCUT2D eigenvalue weighted by molar-refractivity contribution is 0.478. The van der Waals surface area contributed by atoms with Gasteiger partial charge in [-0.25, -0.2) is 0 Å². The molecule has 0 atom stereocenters. The number of hydrogen-bond acceptors (Lipinski definition) is 10. The van der Waals surface area contributed by atoms with Crippen molar-refractivity contribution in [2.24, 2.45) is 10.2 Å². The van der Waals surface area contributed by atoms with Crippen molar-refractivity contribution >= 4 is 55.0 Å². The summed E-state index contributed by atoms with van der Waals surface area (Å²) in [5.41, 5.74) is 5.07. The van der Waals surface area contributed by atoms with E-state index in [0.717, 1.165) is 12.1 Å². The summed E-state index contributed by atoms with van der Waals surface area (Å²) >= 11 is 6.08. The van der Waals surface area contributed by atoms with Gasteiger partial charge in [0.25, 0.3) is 20.2 Å². The monoisotopic (exact) mass is 464 g/mol. The lowest BCUT2D eigenvalue weighted by Crippen LogP contribution is -2.24. The number of benzene rings is 1. The number of nitrogens with zero attached hydrogens (tertiary/aromatic N) is 5. The number of halogens is 1. The molecule has 0 aliphatic heterocycles. The van der Waals surface area contributed by atoms with Gasteiger partial charge in [-0.2, -0.15) is 26.8 Å². The van der Waals surface area contributed by atoms with Crippen LogP contribution in [-0.4, -0.2) is 49.0 Å². The van der Waals surface area contributed by atoms with Gasteiger partial charge in [0.15, 0.2) is 16.7 Å². The number of hydrogen-bond donors (Lipinski definition) is 3. The number of anilines is 2. The first-order chi connectivity index (χ1) is 13.4. The molecule has 29 heavy (non-hydrogen) atoms. The molecule has 0 unspecified atom stereocenters. The molecule has 2 rings (SSSR count). The van der Waals surface area contributed by atoms with Gasteiger partial charge in [0.1, 0.15) is 10.6 Å². The SMILES string of the molecule is CCN(CC)c1nc(N)c(/N=N/c2cc(S(=O)(=O)O)ccc2S(=O)(=O)O)c(Cl)n1. The molecule has 0 saturated carbocycles. The topological polar surface area (TPSA) is 188 Å². The van der Waals surface area contributed by atoms with Crippen molar-refractivity contribution in [2.45, 2.75) is 23.6 Å². The van der Waals surface area contributed by atoms with Crippen LogP contribution < -0.4 is 10.6 Å². The van der Waals surface area contributed by atoms with Crippen molar-refractivity contribution in [1.29, 1.82) is 0 Å². The van der Waals surface area contributed by atoms with Gasteiger partial charge >= 0.3 is 0 Å². The second-order valence-corrected chi connectivity index (χ2v) is 8.67. The zero-order valence-electron chi connectivity index (χ0n) is 15.2. The Bertz CT molecular complexity index is 1140. The summed E-state index contributed by atoms with van der Waals surface area (Å²) < 4.78 is 64.0. The summed E-state index contributed by atoms with van der Waals surface area (Å²) in [6.07, 6.45) is 0. The molecule has 4 N–H and O–H groups in total. The molecule has 0 amide bonds. The molecule has 1 aromatic carbocycles. The van der Waals surface area contributed by atoms with E-state index in [-0.39, 0.29) is 22.6 Å². The van der Waals surface area contributed by atoms with Gasteiger partial charge in [0.2, 0.25) is 5.95 Å². The predicted molar refractivity (Wildman–Crippen MR) is 105 cm³/mol. The smallest absolute Gasteiger partial charge is 0.296 e. The van der Waals surface area contributed by atoms with Crippen LogP contribution in [0.4, 0.5) is 23.1 Å². The highest BCUT2D eigenvalue weighted by molar-refractivity contribution is 7.86. The third-order valence-corrected chi connectivity index (χ3v) is 5.68. The maximum atomic E-state index is 11.5. The lowest BCUT2D eigenvalue weighted by atomic mass is 10.3. The van der Waals surface area contributed by atoms with Gasteiger partial charge in [-0.15, -0.1) is 10.2 Å². The molecule has 0 fully saturated rings. The van der Waals surface area contributed by atoms with Crippen LogP contribution in [0.2, 0.25) is 5.15 Å². The molecule has 2 aromatic rings. The predicted octanol–water partition coefficient (Wildman–Crippen LogP) is 2.47. The number of aromatic nitrogens is 2. The van der Waals surface area contributed by atoms with Crippen LogP contribution in [0, 0.1) is 0 Å². The number of rotatable bonds is 7. The van der Waals surface area contributed by atoms with Crippen LogP contribution in [-0.2, 0) is 20.2 Å². The standard InChI is InChI=1S/C14H17ClN6O6S2/c1-3-21(4-2)14-17-12(15)11(13(16)18-14)20-19-9-7-8(28(22,23)24)5-6-10(9)29(25,26)27/h5-7H,3-4H2,1-2H3,(H2,16,17,18)(H,22,23,24)(H,25,26,27)/b20-19+. The number of nitrogens with two attached hydrogens (primary N) is 1. The summed E-state index contributed by atoms with van der Waals surface area (Å²) in [6, 6.07) is 2.23. The minimum absolute atomic E-state index is 0.157. The van der Waals surface area contributed by atoms with Crippen molar-refractivity contribution in [3.63, 3.8) is 0 Å². The maximum absolute atomic E-state index is 11.5. The summed E-state index contributed by atoms with van der Waals surface area (Å²) in [5.74, 6) is 0.0958. The Morgan fingerprint density at radius 3 is 2.17 bits per heavy atom. The molecule has 12 nitrogen and oxygen atoms in total. The minimum Gasteiger partial charge on any atom is -0.382 e. The van der Waals surface area contributed by atoms with Crippen LogP contribution in [0.25, 0.3) is 0 Å². The zero-order chi connectivity index (χ0) is 22.0. The second-order valence-electron chi connectivity index (χ2n) is 5.50. The fourth-order valence-corrected chi connectivity index (χ4v) is 3.55. The Balaban J connectivity index is 2.59. The molecule has 0 spiro atoms. The Labute approximate surface area is 171 Å². The molecular weight excluding hydrogens is 448 g/mol. The van der Waals surface area contributed by atoms with Gasteiger partial charge in [-0.3, -0.25) is 9.11 Å². The van der Waals surface area contributed by atoms with Gasteiger partial charge in [0.05, 0.1) is 4.90 Å². The minimum atomic E-state index is -4.78. The number of azo groups is 1. The first-order valence-corrected chi connectivity index (χ1v) is 11.2. The van der Waals surface area contributed by atoms with E-state index in [1.54, 1.807) is 4.90 Å². The van der Waals surface area contributed by atoms with Crippen molar-refractivity contribution in [3.05, 3.63) is 23.4 Å². The van der Waals surface area contributed by atoms with Crippen molar-refractivity contribution < 1.29 is 25.9 Å². The van der Waals surface area contributed by atoms with E-state index in [1.165, 1.54) is 0 Å².